The Morgan fingerprint density at radius 2 is 2.35 bits per heavy atom. The van der Waals surface area contributed by atoms with E-state index in [4.69, 9.17) is 5.73 Å². The fraction of sp³-hybridized carbons (Fsp3) is 0.538. The minimum absolute atomic E-state index is 0.00844. The van der Waals surface area contributed by atoms with Crippen molar-refractivity contribution in [2.75, 3.05) is 32.9 Å². The number of aliphatic hydroxyl groups excluding tert-OH is 1. The van der Waals surface area contributed by atoms with Crippen molar-refractivity contribution in [3.8, 4) is 0 Å². The van der Waals surface area contributed by atoms with Crippen molar-refractivity contribution in [1.82, 2.24) is 14.8 Å². The lowest BCUT2D eigenvalue weighted by Gasteiger charge is -2.27. The van der Waals surface area contributed by atoms with Crippen LogP contribution in [0, 0.1) is 0 Å². The third-order valence-electron chi connectivity index (χ3n) is 3.34. The number of nitrogens with zero attached hydrogens (tertiary/aromatic N) is 3. The molecular weight excluding hydrogens is 324 g/mol. The van der Waals surface area contributed by atoms with Crippen LogP contribution in [-0.2, 0) is 0 Å². The molecule has 1 aliphatic heterocycles. The van der Waals surface area contributed by atoms with Crippen LogP contribution in [-0.4, -0.2) is 65.1 Å². The second-order valence-electron chi connectivity index (χ2n) is 5.35. The molecule has 1 aromatic heterocycles. The van der Waals surface area contributed by atoms with E-state index in [0.717, 1.165) is 0 Å². The molecule has 1 fully saturated rings. The fourth-order valence-corrected chi connectivity index (χ4v) is 2.84. The Morgan fingerprint density at radius 3 is 3.00 bits per heavy atom. The van der Waals surface area contributed by atoms with E-state index in [9.17, 15) is 9.90 Å². The predicted octanol–water partition coefficient (Wildman–Crippen LogP) is 0.563. The molecule has 7 heteroatoms. The molecule has 1 aromatic rings. The molecule has 0 aromatic carbocycles. The quantitative estimate of drug-likeness (QED) is 0.838. The summed E-state index contributed by atoms with van der Waals surface area (Å²) in [6, 6.07) is 1.66. The second-order valence-corrected chi connectivity index (χ2v) is 6.27. The minimum atomic E-state index is -0.481. The number of aromatic nitrogens is 1. The van der Waals surface area contributed by atoms with E-state index < -0.39 is 6.10 Å². The highest BCUT2D eigenvalue weighted by Gasteiger charge is 2.35. The lowest BCUT2D eigenvalue weighted by atomic mass is 10.1. The third kappa shape index (κ3) is 3.28. The maximum Gasteiger partial charge on any atom is 0.258 e. The number of carbonyl (C=O) groups excluding carboxylic acids is 1. The Hall–Kier alpha value is -1.18. The summed E-state index contributed by atoms with van der Waals surface area (Å²) < 4.78 is 0.707. The smallest absolute Gasteiger partial charge is 0.258 e. The molecule has 2 atom stereocenters. The first kappa shape index (κ1) is 15.2. The number of hydrogen-bond acceptors (Lipinski definition) is 5. The molecule has 1 saturated heterocycles. The Labute approximate surface area is 126 Å². The molecule has 1 amide bonds. The van der Waals surface area contributed by atoms with Gasteiger partial charge in [-0.1, -0.05) is 0 Å². The van der Waals surface area contributed by atoms with E-state index in [-0.39, 0.29) is 17.8 Å². The van der Waals surface area contributed by atoms with Crippen molar-refractivity contribution >= 4 is 27.7 Å². The van der Waals surface area contributed by atoms with Crippen LogP contribution < -0.4 is 5.73 Å². The highest BCUT2D eigenvalue weighted by atomic mass is 79.9. The number of hydrogen-bond donors (Lipinski definition) is 2. The van der Waals surface area contributed by atoms with Gasteiger partial charge in [0, 0.05) is 29.8 Å². The number of halogens is 1. The Morgan fingerprint density at radius 1 is 1.65 bits per heavy atom. The van der Waals surface area contributed by atoms with Crippen LogP contribution >= 0.6 is 15.9 Å². The van der Waals surface area contributed by atoms with Crippen LogP contribution in [0.15, 0.2) is 16.7 Å². The van der Waals surface area contributed by atoms with Gasteiger partial charge < -0.3 is 20.6 Å². The van der Waals surface area contributed by atoms with E-state index in [1.54, 1.807) is 17.2 Å². The maximum absolute atomic E-state index is 12.6. The number of anilines is 1. The molecule has 2 unspecified atom stereocenters. The molecule has 110 valence electrons. The zero-order valence-electron chi connectivity index (χ0n) is 11.6. The number of nitrogens with two attached hydrogens (primary N) is 1. The molecule has 2 heterocycles. The summed E-state index contributed by atoms with van der Waals surface area (Å²) >= 11 is 3.29. The van der Waals surface area contributed by atoms with Crippen LogP contribution in [0.25, 0.3) is 0 Å². The lowest BCUT2D eigenvalue weighted by Crippen LogP contribution is -2.41. The number of aliphatic hydroxyl groups is 1. The summed E-state index contributed by atoms with van der Waals surface area (Å²) in [5.74, 6) is 0.0305. The average molecular weight is 343 g/mol. The maximum atomic E-state index is 12.6. The fourth-order valence-electron chi connectivity index (χ4n) is 2.51. The van der Waals surface area contributed by atoms with Crippen molar-refractivity contribution in [2.24, 2.45) is 0 Å². The highest BCUT2D eigenvalue weighted by molar-refractivity contribution is 9.10. The van der Waals surface area contributed by atoms with Gasteiger partial charge in [0.2, 0.25) is 0 Å². The number of β-amino-alcohol motifs (C(OH)–C–C–N with tert-alkyl or cyclic N) is 1. The SMILES string of the molecule is CN(C)CC1CC(O)CN1C(=O)c1cc(Br)cnc1N. The largest absolute Gasteiger partial charge is 0.391 e. The van der Waals surface area contributed by atoms with Gasteiger partial charge in [0.05, 0.1) is 11.7 Å². The molecule has 0 aliphatic carbocycles. The van der Waals surface area contributed by atoms with Crippen LogP contribution in [0.3, 0.4) is 0 Å². The third-order valence-corrected chi connectivity index (χ3v) is 3.78. The summed E-state index contributed by atoms with van der Waals surface area (Å²) in [6.45, 7) is 1.05. The first-order chi connectivity index (χ1) is 9.38. The molecule has 0 radical (unpaired) electrons. The van der Waals surface area contributed by atoms with Crippen LogP contribution in [0.5, 0.6) is 0 Å². The zero-order valence-corrected chi connectivity index (χ0v) is 13.2. The van der Waals surface area contributed by atoms with Crippen LogP contribution in [0.4, 0.5) is 5.82 Å². The molecule has 2 rings (SSSR count). The molecule has 0 bridgehead atoms. The first-order valence-electron chi connectivity index (χ1n) is 6.43. The number of rotatable bonds is 3. The van der Waals surface area contributed by atoms with Gasteiger partial charge in [0.15, 0.2) is 0 Å². The van der Waals surface area contributed by atoms with E-state index in [0.29, 0.717) is 29.5 Å². The minimum Gasteiger partial charge on any atom is -0.391 e. The van der Waals surface area contributed by atoms with Gasteiger partial charge in [-0.3, -0.25) is 4.79 Å². The molecule has 0 spiro atoms. The van der Waals surface area contributed by atoms with Gasteiger partial charge in [-0.25, -0.2) is 4.98 Å². The molecule has 1 aliphatic rings. The van der Waals surface area contributed by atoms with Crippen molar-refractivity contribution in [3.05, 3.63) is 22.3 Å². The molecule has 20 heavy (non-hydrogen) atoms. The van der Waals surface area contributed by atoms with Crippen molar-refractivity contribution in [1.29, 1.82) is 0 Å². The number of likely N-dealkylation sites (tertiary alicyclic amines) is 1. The summed E-state index contributed by atoms with van der Waals surface area (Å²) in [5.41, 5.74) is 6.16. The van der Waals surface area contributed by atoms with Gasteiger partial charge in [-0.2, -0.15) is 0 Å². The standard InChI is InChI=1S/C13H19BrN4O2/c1-17(2)6-9-4-10(19)7-18(9)13(20)11-3-8(14)5-16-12(11)15/h3,5,9-10,19H,4,6-7H2,1-2H3,(H2,15,16). The Bertz CT molecular complexity index is 509. The van der Waals surface area contributed by atoms with E-state index >= 15 is 0 Å². The number of amides is 1. The molecule has 0 saturated carbocycles. The molecular formula is C13H19BrN4O2. The number of pyridine rings is 1. The topological polar surface area (TPSA) is 82.7 Å². The monoisotopic (exact) mass is 342 g/mol. The van der Waals surface area contributed by atoms with E-state index in [2.05, 4.69) is 20.9 Å². The van der Waals surface area contributed by atoms with Crippen molar-refractivity contribution < 1.29 is 9.90 Å². The van der Waals surface area contributed by atoms with Crippen LogP contribution in [0.1, 0.15) is 16.8 Å². The lowest BCUT2D eigenvalue weighted by molar-refractivity contribution is 0.0700. The predicted molar refractivity (Wildman–Crippen MR) is 80.4 cm³/mol. The van der Waals surface area contributed by atoms with Crippen molar-refractivity contribution in [3.63, 3.8) is 0 Å². The van der Waals surface area contributed by atoms with E-state index in [1.165, 1.54) is 0 Å². The van der Waals surface area contributed by atoms with Gasteiger partial charge in [0.25, 0.3) is 5.91 Å². The van der Waals surface area contributed by atoms with E-state index in [1.807, 2.05) is 19.0 Å². The first-order valence-corrected chi connectivity index (χ1v) is 7.22. The number of nitrogen functional groups attached to an aromatic ring is 1. The van der Waals surface area contributed by atoms with Gasteiger partial charge in [0.1, 0.15) is 5.82 Å². The molecule has 3 N–H and O–H groups in total. The number of carbonyl (C=O) groups is 1. The Kier molecular flexibility index (Phi) is 4.62. The summed E-state index contributed by atoms with van der Waals surface area (Å²) in [7, 11) is 3.89. The van der Waals surface area contributed by atoms with Gasteiger partial charge in [-0.05, 0) is 42.5 Å². The average Bonchev–Trinajstić information content (AvgIpc) is 2.71. The summed E-state index contributed by atoms with van der Waals surface area (Å²) in [6.07, 6.45) is 1.67. The molecule has 6 nitrogen and oxygen atoms in total. The second kappa shape index (κ2) is 6.07. The zero-order chi connectivity index (χ0) is 14.9. The van der Waals surface area contributed by atoms with Gasteiger partial charge >= 0.3 is 0 Å². The highest BCUT2D eigenvalue weighted by Crippen LogP contribution is 2.24. The summed E-state index contributed by atoms with van der Waals surface area (Å²) in [5, 5.41) is 9.83. The summed E-state index contributed by atoms with van der Waals surface area (Å²) in [4.78, 5) is 20.3. The van der Waals surface area contributed by atoms with Crippen LogP contribution in [0.2, 0.25) is 0 Å². The van der Waals surface area contributed by atoms with Crippen molar-refractivity contribution in [2.45, 2.75) is 18.6 Å². The number of likely N-dealkylation sites (N-methyl/N-ethyl adjacent to an activating group) is 1. The Balaban J connectivity index is 2.24. The normalized spacial score (nSPS) is 22.6. The van der Waals surface area contributed by atoms with Gasteiger partial charge in [-0.15, -0.1) is 0 Å².